The Labute approximate surface area is 169 Å². The zero-order chi connectivity index (χ0) is 21.1. The molecule has 0 bridgehead atoms. The highest BCUT2D eigenvalue weighted by molar-refractivity contribution is 5.84. The molecule has 29 heavy (non-hydrogen) atoms. The van der Waals surface area contributed by atoms with Crippen LogP contribution in [0.3, 0.4) is 0 Å². The van der Waals surface area contributed by atoms with Gasteiger partial charge in [-0.05, 0) is 46.5 Å². The van der Waals surface area contributed by atoms with E-state index in [0.29, 0.717) is 12.8 Å². The second kappa shape index (κ2) is 7.73. The number of alkyl carbamates (subject to hydrolysis) is 1. The Kier molecular flexibility index (Phi) is 5.50. The molecule has 2 aliphatic rings. The predicted molar refractivity (Wildman–Crippen MR) is 103 cm³/mol. The van der Waals surface area contributed by atoms with E-state index in [1.54, 1.807) is 24.8 Å². The molecule has 0 radical (unpaired) electrons. The van der Waals surface area contributed by atoms with Crippen molar-refractivity contribution in [2.45, 2.75) is 63.0 Å². The van der Waals surface area contributed by atoms with Gasteiger partial charge in [-0.15, -0.1) is 0 Å². The normalized spacial score (nSPS) is 17.9. The molecule has 1 amide bonds. The molecule has 2 aromatic rings. The molecule has 0 saturated heterocycles. The molecular formula is C20H25N5O4. The Bertz CT molecular complexity index is 859. The van der Waals surface area contributed by atoms with Crippen molar-refractivity contribution in [3.05, 3.63) is 48.6 Å². The van der Waals surface area contributed by atoms with Crippen LogP contribution >= 0.6 is 0 Å². The first-order chi connectivity index (χ1) is 13.7. The van der Waals surface area contributed by atoms with Gasteiger partial charge >= 0.3 is 12.1 Å². The van der Waals surface area contributed by atoms with Gasteiger partial charge < -0.3 is 15.2 Å². The van der Waals surface area contributed by atoms with Gasteiger partial charge in [0.2, 0.25) is 0 Å². The van der Waals surface area contributed by atoms with Gasteiger partial charge in [-0.25, -0.2) is 24.7 Å². The third-order valence-corrected chi connectivity index (χ3v) is 4.88. The smallest absolute Gasteiger partial charge is 0.408 e. The van der Waals surface area contributed by atoms with Crippen molar-refractivity contribution >= 4 is 12.1 Å². The summed E-state index contributed by atoms with van der Waals surface area (Å²) in [6.07, 6.45) is 12.3. The molecule has 0 aliphatic heterocycles. The van der Waals surface area contributed by atoms with E-state index in [0.717, 1.165) is 24.0 Å². The van der Waals surface area contributed by atoms with Crippen LogP contribution in [-0.2, 0) is 20.5 Å². The number of carboxylic acid groups (broad SMARTS) is 1. The van der Waals surface area contributed by atoms with Crippen LogP contribution in [0.4, 0.5) is 4.79 Å². The van der Waals surface area contributed by atoms with Crippen molar-refractivity contribution in [2.24, 2.45) is 0 Å². The van der Waals surface area contributed by atoms with E-state index >= 15 is 0 Å². The van der Waals surface area contributed by atoms with E-state index in [1.807, 2.05) is 20.8 Å². The number of rotatable bonds is 4. The summed E-state index contributed by atoms with van der Waals surface area (Å²) < 4.78 is 5.24. The van der Waals surface area contributed by atoms with Gasteiger partial charge in [-0.3, -0.25) is 4.79 Å². The summed E-state index contributed by atoms with van der Waals surface area (Å²) in [6.45, 7) is 5.54. The lowest BCUT2D eigenvalue weighted by molar-refractivity contribution is -0.140. The van der Waals surface area contributed by atoms with Crippen LogP contribution in [-0.4, -0.2) is 42.7 Å². The van der Waals surface area contributed by atoms with Crippen LogP contribution in [0.25, 0.3) is 0 Å². The van der Waals surface area contributed by atoms with E-state index in [9.17, 15) is 9.59 Å². The SMILES string of the molecule is CC(C)(C)OC(=O)NC1(c2cncnc2)CC1.O=C(O)C1(c2cncnc2)CC1. The molecule has 2 aromatic heterocycles. The fraction of sp³-hybridized carbons (Fsp3) is 0.500. The van der Waals surface area contributed by atoms with Gasteiger partial charge in [0.25, 0.3) is 0 Å². The highest BCUT2D eigenvalue weighted by atomic mass is 16.6. The third-order valence-electron chi connectivity index (χ3n) is 4.88. The summed E-state index contributed by atoms with van der Waals surface area (Å²) in [5.41, 5.74) is 0.196. The number of nitrogens with one attached hydrogen (secondary N) is 1. The molecule has 2 fully saturated rings. The van der Waals surface area contributed by atoms with Crippen molar-refractivity contribution in [3.63, 3.8) is 0 Å². The highest BCUT2D eigenvalue weighted by Gasteiger charge is 2.52. The quantitative estimate of drug-likeness (QED) is 0.803. The lowest BCUT2D eigenvalue weighted by atomic mass is 10.00. The van der Waals surface area contributed by atoms with Crippen molar-refractivity contribution in [1.29, 1.82) is 0 Å². The molecule has 9 heteroatoms. The molecule has 2 aliphatic carbocycles. The third kappa shape index (κ3) is 5.04. The zero-order valence-electron chi connectivity index (χ0n) is 16.8. The van der Waals surface area contributed by atoms with Gasteiger partial charge in [-0.2, -0.15) is 0 Å². The largest absolute Gasteiger partial charge is 0.481 e. The molecule has 2 N–H and O–H groups in total. The molecule has 9 nitrogen and oxygen atoms in total. The standard InChI is InChI=1S/C12H17N3O2.C8H8N2O2/c1-11(2,3)17-10(16)15-12(4-5-12)9-6-13-8-14-7-9;11-7(12)8(1-2-8)6-3-9-5-10-4-6/h6-8H,4-5H2,1-3H3,(H,15,16);3-5H,1-2H2,(H,11,12). The number of ether oxygens (including phenoxy) is 1. The van der Waals surface area contributed by atoms with Gasteiger partial charge in [0.15, 0.2) is 0 Å². The minimum absolute atomic E-state index is 0.316. The van der Waals surface area contributed by atoms with Crippen LogP contribution in [0, 0.1) is 0 Å². The molecule has 0 spiro atoms. The number of hydrogen-bond acceptors (Lipinski definition) is 7. The summed E-state index contributed by atoms with van der Waals surface area (Å²) >= 11 is 0. The number of aromatic nitrogens is 4. The first kappa shape index (κ1) is 20.6. The molecule has 2 heterocycles. The van der Waals surface area contributed by atoms with Crippen LogP contribution < -0.4 is 5.32 Å². The number of amides is 1. The average Bonchev–Trinajstić information content (AvgIpc) is 3.58. The topological polar surface area (TPSA) is 127 Å². The summed E-state index contributed by atoms with van der Waals surface area (Å²) in [7, 11) is 0. The van der Waals surface area contributed by atoms with Gasteiger partial charge in [0, 0.05) is 35.9 Å². The maximum absolute atomic E-state index is 11.7. The number of carboxylic acids is 1. The second-order valence-corrected chi connectivity index (χ2v) is 8.35. The van der Waals surface area contributed by atoms with E-state index < -0.39 is 17.0 Å². The molecular weight excluding hydrogens is 374 g/mol. The zero-order valence-corrected chi connectivity index (χ0v) is 16.8. The van der Waals surface area contributed by atoms with Gasteiger partial charge in [0.05, 0.1) is 11.0 Å². The van der Waals surface area contributed by atoms with Crippen molar-refractivity contribution in [2.75, 3.05) is 0 Å². The molecule has 0 aromatic carbocycles. The maximum Gasteiger partial charge on any atom is 0.408 e. The summed E-state index contributed by atoms with van der Waals surface area (Å²) in [5.74, 6) is -0.766. The number of nitrogens with zero attached hydrogens (tertiary/aromatic N) is 4. The second-order valence-electron chi connectivity index (χ2n) is 8.35. The minimum atomic E-state index is -0.766. The van der Waals surface area contributed by atoms with Crippen LogP contribution in [0.1, 0.15) is 57.6 Å². The van der Waals surface area contributed by atoms with Gasteiger partial charge in [-0.1, -0.05) is 0 Å². The fourth-order valence-electron chi connectivity index (χ4n) is 2.95. The number of carbonyl (C=O) groups excluding carboxylic acids is 1. The Morgan fingerprint density at radius 2 is 1.41 bits per heavy atom. The number of aliphatic carboxylic acids is 1. The average molecular weight is 399 g/mol. The number of carbonyl (C=O) groups is 2. The first-order valence-electron chi connectivity index (χ1n) is 9.42. The van der Waals surface area contributed by atoms with Gasteiger partial charge in [0.1, 0.15) is 18.3 Å². The summed E-state index contributed by atoms with van der Waals surface area (Å²) in [6, 6.07) is 0. The van der Waals surface area contributed by atoms with Crippen LogP contribution in [0.15, 0.2) is 37.4 Å². The lowest BCUT2D eigenvalue weighted by Gasteiger charge is -2.23. The predicted octanol–water partition coefficient (Wildman–Crippen LogP) is 2.58. The van der Waals surface area contributed by atoms with Crippen LogP contribution in [0.2, 0.25) is 0 Å². The lowest BCUT2D eigenvalue weighted by Crippen LogP contribution is -2.39. The molecule has 4 rings (SSSR count). The summed E-state index contributed by atoms with van der Waals surface area (Å²) in [4.78, 5) is 38.1. The Morgan fingerprint density at radius 1 is 0.931 bits per heavy atom. The highest BCUT2D eigenvalue weighted by Crippen LogP contribution is 2.47. The van der Waals surface area contributed by atoms with E-state index in [4.69, 9.17) is 9.84 Å². The molecule has 0 unspecified atom stereocenters. The van der Waals surface area contributed by atoms with E-state index in [1.165, 1.54) is 12.7 Å². The van der Waals surface area contributed by atoms with E-state index in [-0.39, 0.29) is 11.6 Å². The van der Waals surface area contributed by atoms with E-state index in [2.05, 4.69) is 25.3 Å². The maximum atomic E-state index is 11.7. The number of hydrogen-bond donors (Lipinski definition) is 2. The Morgan fingerprint density at radius 3 is 1.79 bits per heavy atom. The van der Waals surface area contributed by atoms with Crippen molar-refractivity contribution in [1.82, 2.24) is 25.3 Å². The Hall–Kier alpha value is -3.10. The molecule has 2 saturated carbocycles. The molecule has 0 atom stereocenters. The molecule has 154 valence electrons. The first-order valence-corrected chi connectivity index (χ1v) is 9.42. The van der Waals surface area contributed by atoms with Crippen molar-refractivity contribution in [3.8, 4) is 0 Å². The monoisotopic (exact) mass is 399 g/mol. The van der Waals surface area contributed by atoms with Crippen LogP contribution in [0.5, 0.6) is 0 Å². The fourth-order valence-corrected chi connectivity index (χ4v) is 2.95. The Balaban J connectivity index is 0.000000176. The summed E-state index contributed by atoms with van der Waals surface area (Å²) in [5, 5.41) is 11.8. The van der Waals surface area contributed by atoms with Crippen molar-refractivity contribution < 1.29 is 19.4 Å². The minimum Gasteiger partial charge on any atom is -0.481 e.